The van der Waals surface area contributed by atoms with E-state index in [2.05, 4.69) is 104 Å². The third-order valence-electron chi connectivity index (χ3n) is 13.4. The number of nitrogens with zero attached hydrogens (tertiary/aromatic N) is 4. The van der Waals surface area contributed by atoms with Crippen molar-refractivity contribution >= 4 is 61.7 Å². The van der Waals surface area contributed by atoms with Crippen LogP contribution in [0, 0.1) is 6.33 Å². The van der Waals surface area contributed by atoms with E-state index in [1.54, 1.807) is 22.8 Å². The van der Waals surface area contributed by atoms with E-state index < -0.39 is 125 Å². The second kappa shape index (κ2) is 17.8. The minimum atomic E-state index is -5.52. The van der Waals surface area contributed by atoms with Gasteiger partial charge in [-0.25, -0.2) is 4.98 Å². The van der Waals surface area contributed by atoms with E-state index >= 15 is 0 Å². The molecule has 6 heteroatoms. The van der Waals surface area contributed by atoms with E-state index in [-0.39, 0.29) is 10.6 Å². The van der Waals surface area contributed by atoms with Crippen molar-refractivity contribution in [1.82, 2.24) is 14.1 Å². The summed E-state index contributed by atoms with van der Waals surface area (Å²) in [6.07, 6.45) is 5.49. The lowest BCUT2D eigenvalue weighted by molar-refractivity contribution is -0.574. The summed E-state index contributed by atoms with van der Waals surface area (Å²) in [6.45, 7) is 19.1. The molecular formula is C66H62N4OSi. The molecule has 0 amide bonds. The van der Waals surface area contributed by atoms with E-state index in [1.807, 2.05) is 77.5 Å². The number of pyridine rings is 1. The Bertz CT molecular complexity index is 4420. The number of imidazole rings is 1. The molecule has 11 rings (SSSR count). The molecule has 0 aliphatic carbocycles. The van der Waals surface area contributed by atoms with Crippen LogP contribution in [0.5, 0.6) is 11.5 Å². The van der Waals surface area contributed by atoms with Crippen LogP contribution < -0.4 is 30.1 Å². The van der Waals surface area contributed by atoms with Crippen LogP contribution in [0.1, 0.15) is 99.6 Å². The van der Waals surface area contributed by atoms with Crippen LogP contribution in [-0.2, 0) is 16.2 Å². The third kappa shape index (κ3) is 8.14. The predicted octanol–water partition coefficient (Wildman–Crippen LogP) is 13.3. The Morgan fingerprint density at radius 3 is 1.71 bits per heavy atom. The largest absolute Gasteiger partial charge is 0.458 e. The summed E-state index contributed by atoms with van der Waals surface area (Å²) in [6, 6.07) is 23.8. The maximum atomic E-state index is 9.74. The number of fused-ring (bicyclic) bond motifs is 4. The lowest BCUT2D eigenvalue weighted by Crippen LogP contribution is -2.74. The van der Waals surface area contributed by atoms with Crippen molar-refractivity contribution < 1.29 is 29.9 Å². The molecule has 72 heavy (non-hydrogen) atoms. The zero-order valence-corrected chi connectivity index (χ0v) is 42.7. The molecule has 0 bridgehead atoms. The molecule has 0 fully saturated rings. The maximum Gasteiger partial charge on any atom is 0.269 e. The molecule has 0 atom stereocenters. The monoisotopic (exact) mass is 970 g/mol. The van der Waals surface area contributed by atoms with Gasteiger partial charge in [0, 0.05) is 23.0 Å². The quantitative estimate of drug-likeness (QED) is 0.0625. The minimum Gasteiger partial charge on any atom is -0.458 e. The Kier molecular flexibility index (Phi) is 7.97. The molecule has 0 saturated carbocycles. The Hall–Kier alpha value is -7.80. The van der Waals surface area contributed by atoms with Gasteiger partial charge in [0.2, 0.25) is 0 Å². The molecular weight excluding hydrogens is 893 g/mol. The van der Waals surface area contributed by atoms with Crippen molar-refractivity contribution in [2.45, 2.75) is 78.6 Å². The Morgan fingerprint density at radius 1 is 0.514 bits per heavy atom. The molecule has 5 nitrogen and oxygen atoms in total. The van der Waals surface area contributed by atoms with Gasteiger partial charge in [-0.15, -0.1) is 0 Å². The molecule has 0 radical (unpaired) electrons. The maximum absolute atomic E-state index is 9.74. The van der Waals surface area contributed by atoms with Crippen LogP contribution in [0.3, 0.4) is 0 Å². The van der Waals surface area contributed by atoms with Crippen LogP contribution in [0.15, 0.2) is 212 Å². The minimum absolute atomic E-state index is 0.0377. The van der Waals surface area contributed by atoms with Crippen LogP contribution in [0.2, 0.25) is 0 Å². The van der Waals surface area contributed by atoms with E-state index in [0.717, 1.165) is 50.0 Å². The van der Waals surface area contributed by atoms with Gasteiger partial charge in [0.25, 0.3) is 6.33 Å². The number of hydrogen-bond acceptors (Lipinski definition) is 2. The van der Waals surface area contributed by atoms with Crippen molar-refractivity contribution in [3.05, 3.63) is 235 Å². The molecule has 0 unspecified atom stereocenters. The van der Waals surface area contributed by atoms with Gasteiger partial charge < -0.3 is 4.74 Å². The molecule has 0 saturated heterocycles. The highest BCUT2D eigenvalue weighted by Gasteiger charge is 2.42. The van der Waals surface area contributed by atoms with Crippen molar-refractivity contribution in [3.8, 4) is 28.7 Å². The van der Waals surface area contributed by atoms with Gasteiger partial charge in [-0.3, -0.25) is 13.7 Å². The van der Waals surface area contributed by atoms with Crippen LogP contribution >= 0.6 is 0 Å². The van der Waals surface area contributed by atoms with Gasteiger partial charge in [-0.05, 0) is 102 Å². The molecule has 3 aromatic heterocycles. The summed E-state index contributed by atoms with van der Waals surface area (Å²) in [4.78, 5) is 4.86. The number of rotatable bonds is 9. The first-order valence-corrected chi connectivity index (χ1v) is 26.0. The molecule has 8 aromatic carbocycles. The zero-order chi connectivity index (χ0) is 63.0. The van der Waals surface area contributed by atoms with Gasteiger partial charge in [-0.1, -0.05) is 214 Å². The summed E-state index contributed by atoms with van der Waals surface area (Å²) in [5.74, 6) is 1.66. The Morgan fingerprint density at radius 2 is 1.10 bits per heavy atom. The summed E-state index contributed by atoms with van der Waals surface area (Å²) < 4.78 is 152. The highest BCUT2D eigenvalue weighted by atomic mass is 28.3. The number of para-hydroxylation sites is 2. The average Bonchev–Trinajstić information content (AvgIpc) is 0.731. The van der Waals surface area contributed by atoms with E-state index in [0.29, 0.717) is 28.2 Å². The van der Waals surface area contributed by atoms with Gasteiger partial charge in [0.1, 0.15) is 17.3 Å². The second-order valence-corrected chi connectivity index (χ2v) is 24.8. The van der Waals surface area contributed by atoms with Gasteiger partial charge in [0.15, 0.2) is 8.07 Å². The van der Waals surface area contributed by atoms with Crippen molar-refractivity contribution in [1.29, 1.82) is 0 Å². The molecule has 356 valence electrons. The molecule has 0 N–H and O–H groups in total. The fourth-order valence-electron chi connectivity index (χ4n) is 9.91. The van der Waals surface area contributed by atoms with Gasteiger partial charge >= 0.3 is 0 Å². The van der Waals surface area contributed by atoms with Crippen molar-refractivity contribution in [2.75, 3.05) is 0 Å². The van der Waals surface area contributed by atoms with E-state index in [4.69, 9.17) is 22.1 Å². The second-order valence-electron chi connectivity index (χ2n) is 21.2. The molecule has 3 heterocycles. The summed E-state index contributed by atoms with van der Waals surface area (Å²) in [5.41, 5.74) is 5.89. The van der Waals surface area contributed by atoms with Crippen LogP contribution in [-0.4, -0.2) is 22.2 Å². The van der Waals surface area contributed by atoms with E-state index in [9.17, 15) is 8.22 Å². The lowest BCUT2D eigenvalue weighted by atomic mass is 9.78. The topological polar surface area (TPSA) is 35.9 Å². The van der Waals surface area contributed by atoms with Crippen LogP contribution in [0.25, 0.3) is 50.0 Å². The first kappa shape index (κ1) is 32.2. The van der Waals surface area contributed by atoms with Crippen LogP contribution in [0.4, 0.5) is 0 Å². The highest BCUT2D eigenvalue weighted by Crippen LogP contribution is 2.38. The summed E-state index contributed by atoms with van der Waals surface area (Å²) in [5, 5.41) is 0.227. The number of benzene rings is 8. The fraction of sp³-hybridized carbons (Fsp3) is 0.182. The van der Waals surface area contributed by atoms with Crippen molar-refractivity contribution in [2.24, 2.45) is 0 Å². The third-order valence-corrected chi connectivity index (χ3v) is 17.6. The van der Waals surface area contributed by atoms with Gasteiger partial charge in [-0.2, -0.15) is 0 Å². The normalized spacial score (nSPS) is 15.4. The van der Waals surface area contributed by atoms with Crippen molar-refractivity contribution in [3.63, 3.8) is 0 Å². The first-order valence-electron chi connectivity index (χ1n) is 31.5. The average molecular weight is 970 g/mol. The number of aromatic nitrogens is 4. The number of ether oxygens (including phenoxy) is 1. The standard InChI is InChI=1S/C66H62N4OSi/c1-64(2,3)46-39-40-67-62(41-46)70-58-34-20-19-31-54(58)55-37-35-49(43-60(55)70)71-48-24-21-23-47(42-48)68-45-69(63-56(65(4,5)6)32-22-33-57(63)66(7,8)9)59-38-36-53(44-61(59)68)72(50-25-13-10-14-26-50,51-27-15-11-16-28-51)52-29-17-12-18-30-52/h10-44H,1-9H3/i10D,11D,12D,13D,14D,15D,16D,17D,18D,25D,26D,27D,28D,29D,30D. The molecule has 0 aliphatic rings. The smallest absolute Gasteiger partial charge is 0.269 e. The summed E-state index contributed by atoms with van der Waals surface area (Å²) in [7, 11) is -5.52. The predicted molar refractivity (Wildman–Crippen MR) is 302 cm³/mol. The zero-order valence-electron chi connectivity index (χ0n) is 56.7. The Balaban J connectivity index is 1.25. The molecule has 0 aliphatic heterocycles. The molecule has 11 aromatic rings. The Labute approximate surface area is 446 Å². The fourth-order valence-corrected chi connectivity index (χ4v) is 13.7. The lowest BCUT2D eigenvalue weighted by Gasteiger charge is -2.34. The number of hydrogen-bond donors (Lipinski definition) is 0. The summed E-state index contributed by atoms with van der Waals surface area (Å²) >= 11 is 0. The van der Waals surface area contributed by atoms with E-state index in [1.165, 1.54) is 0 Å². The SMILES string of the molecule is [2H]c1c([2H])c([2H])c([Si](c2ccc3c(c2)n(-c2cccc(Oc4ccc5c6ccccc6n(-c6cc(C(C)(C)C)ccn6)c5c4)c2)[c-][n+]3-c2c(C(C)(C)C)cccc2C(C)(C)C)(c2c([2H])c([2H])c([2H])c([2H])c2[2H])c2c([2H])c([2H])c([2H])c([2H])c2[2H])c([2H])c1[2H]. The first-order chi connectivity index (χ1) is 40.8. The van der Waals surface area contributed by atoms with Gasteiger partial charge in [0.05, 0.1) is 54.0 Å². The highest BCUT2D eigenvalue weighted by molar-refractivity contribution is 7.20. The molecule has 0 spiro atoms.